The fraction of sp³-hybridized carbons (Fsp3) is 0.517. The Hall–Kier alpha value is -3.20. The maximum Gasteiger partial charge on any atom is 0.416 e. The molecule has 1 saturated heterocycles. The monoisotopic (exact) mass is 589 g/mol. The van der Waals surface area contributed by atoms with Crippen LogP contribution in [0.2, 0.25) is 0 Å². The van der Waals surface area contributed by atoms with E-state index in [9.17, 15) is 22.5 Å². The summed E-state index contributed by atoms with van der Waals surface area (Å²) in [5.41, 5.74) is 0.669. The van der Waals surface area contributed by atoms with E-state index in [0.29, 0.717) is 77.9 Å². The van der Waals surface area contributed by atoms with E-state index in [1.807, 2.05) is 6.92 Å². The smallest absolute Gasteiger partial charge is 0.416 e. The second-order valence-corrected chi connectivity index (χ2v) is 14.9. The third-order valence-corrected chi connectivity index (χ3v) is 10.5. The van der Waals surface area contributed by atoms with E-state index in [1.165, 1.54) is 6.07 Å². The number of halogens is 3. The topological polar surface area (TPSA) is 97.3 Å². The summed E-state index contributed by atoms with van der Waals surface area (Å²) in [5.74, 6) is 1.06. The molecule has 3 aromatic rings. The summed E-state index contributed by atoms with van der Waals surface area (Å²) in [5, 5.41) is 3.95. The number of benzene rings is 1. The average molecular weight is 590 g/mol. The molecule has 12 heteroatoms. The molecule has 1 aromatic carbocycles. The Balaban J connectivity index is 1.47. The molecule has 1 N–H and O–H groups in total. The number of carbonyl (C=O) groups is 1. The molecule has 2 aliphatic heterocycles. The number of nitrogens with one attached hydrogen (secondary N) is 1. The van der Waals surface area contributed by atoms with Gasteiger partial charge in [0, 0.05) is 37.2 Å². The fourth-order valence-electron chi connectivity index (χ4n) is 5.46. The van der Waals surface area contributed by atoms with E-state index in [1.54, 1.807) is 44.0 Å². The molecule has 0 unspecified atom stereocenters. The van der Waals surface area contributed by atoms with Crippen LogP contribution in [-0.2, 0) is 28.3 Å². The Labute approximate surface area is 237 Å². The highest BCUT2D eigenvalue weighted by Gasteiger charge is 2.36. The van der Waals surface area contributed by atoms with Crippen molar-refractivity contribution >= 4 is 35.4 Å². The molecule has 2 aliphatic rings. The highest BCUT2D eigenvalue weighted by Crippen LogP contribution is 2.46. The van der Waals surface area contributed by atoms with E-state index >= 15 is 0 Å². The first-order chi connectivity index (χ1) is 19.2. The number of aromatic nitrogens is 3. The number of anilines is 1. The van der Waals surface area contributed by atoms with Crippen molar-refractivity contribution in [3.63, 3.8) is 0 Å². The van der Waals surface area contributed by atoms with Crippen molar-refractivity contribution in [2.45, 2.75) is 71.2 Å². The summed E-state index contributed by atoms with van der Waals surface area (Å²) in [6, 6.07) is 5.59. The van der Waals surface area contributed by atoms with E-state index in [0.717, 1.165) is 6.07 Å². The second kappa shape index (κ2) is 10.9. The minimum Gasteiger partial charge on any atom is -0.444 e. The average Bonchev–Trinajstić information content (AvgIpc) is 2.91. The van der Waals surface area contributed by atoms with Crippen LogP contribution in [0.4, 0.5) is 23.8 Å². The molecule has 0 aliphatic carbocycles. The molecule has 1 atom stereocenters. The van der Waals surface area contributed by atoms with Gasteiger partial charge in [0.1, 0.15) is 29.8 Å². The first kappa shape index (κ1) is 29.3. The first-order valence-corrected chi connectivity index (χ1v) is 16.0. The van der Waals surface area contributed by atoms with Gasteiger partial charge in [-0.3, -0.25) is 4.98 Å². The van der Waals surface area contributed by atoms with Gasteiger partial charge in [-0.25, -0.2) is 14.8 Å². The van der Waals surface area contributed by atoms with Crippen molar-refractivity contribution in [1.82, 2.24) is 19.9 Å². The summed E-state index contributed by atoms with van der Waals surface area (Å²) in [6.07, 6.45) is -0.688. The number of pyridine rings is 1. The minimum atomic E-state index is -4.44. The number of carbonyl (C=O) groups excluding carboxylic acids is 1. The Bertz CT molecular complexity index is 1510. The zero-order valence-electron chi connectivity index (χ0n) is 23.7. The van der Waals surface area contributed by atoms with Crippen molar-refractivity contribution in [3.8, 4) is 0 Å². The van der Waals surface area contributed by atoms with Gasteiger partial charge in [0.15, 0.2) is 0 Å². The normalized spacial score (nSPS) is 19.6. The van der Waals surface area contributed by atoms with Gasteiger partial charge >= 0.3 is 12.3 Å². The van der Waals surface area contributed by atoms with Gasteiger partial charge in [-0.05, 0) is 70.2 Å². The number of hydrogen-bond donors (Lipinski definition) is 1. The summed E-state index contributed by atoms with van der Waals surface area (Å²) in [4.78, 5) is 28.0. The van der Waals surface area contributed by atoms with Gasteiger partial charge in [0.05, 0.1) is 23.3 Å². The number of rotatable bonds is 1. The Kier molecular flexibility index (Phi) is 7.78. The lowest BCUT2D eigenvalue weighted by molar-refractivity contribution is -0.138. The standard InChI is InChI=1S/C29H35F3N5O3P/c1-18-19-9-7-10-22(29(30,31)32)20(19)8-5-6-11-24-35-23-17-33-25(16-21(23)26(34-18)36-24)41(39)14-12-37(13-15-41)27(38)40-28(2,3)4/h7,9-10,16-18H,5-6,8,11-15H2,1-4H3,(H,34,35,36)/t18-/m1/s1. The van der Waals surface area contributed by atoms with Crippen LogP contribution in [0.5, 0.6) is 0 Å². The van der Waals surface area contributed by atoms with Crippen molar-refractivity contribution in [3.05, 3.63) is 53.0 Å². The number of hydrogen-bond acceptors (Lipinski definition) is 7. The van der Waals surface area contributed by atoms with E-state index in [2.05, 4.69) is 15.3 Å². The molecule has 1 amide bonds. The Morgan fingerprint density at radius 1 is 1.10 bits per heavy atom. The third-order valence-electron chi connectivity index (χ3n) is 7.56. The largest absolute Gasteiger partial charge is 0.444 e. The zero-order valence-corrected chi connectivity index (χ0v) is 24.6. The van der Waals surface area contributed by atoms with Crippen LogP contribution in [0, 0.1) is 0 Å². The first-order valence-electron chi connectivity index (χ1n) is 13.9. The van der Waals surface area contributed by atoms with Crippen LogP contribution in [0.25, 0.3) is 10.9 Å². The third kappa shape index (κ3) is 6.35. The number of ether oxygens (including phenoxy) is 1. The predicted octanol–water partition coefficient (Wildman–Crippen LogP) is 6.33. The van der Waals surface area contributed by atoms with Crippen LogP contribution in [-0.4, -0.2) is 57.0 Å². The minimum absolute atomic E-state index is 0.274. The molecule has 2 aromatic heterocycles. The van der Waals surface area contributed by atoms with Crippen LogP contribution in [0.1, 0.15) is 69.1 Å². The number of nitrogens with zero attached hydrogens (tertiary/aromatic N) is 4. The second-order valence-electron chi connectivity index (χ2n) is 11.8. The summed E-state index contributed by atoms with van der Waals surface area (Å²) in [7, 11) is -2.93. The summed E-state index contributed by atoms with van der Waals surface area (Å²) >= 11 is 0. The Morgan fingerprint density at radius 3 is 2.49 bits per heavy atom. The van der Waals surface area contributed by atoms with E-state index in [-0.39, 0.29) is 12.3 Å². The van der Waals surface area contributed by atoms with Crippen LogP contribution in [0.15, 0.2) is 30.5 Å². The van der Waals surface area contributed by atoms with Gasteiger partial charge in [-0.2, -0.15) is 13.2 Å². The maximum atomic E-state index is 14.0. The molecule has 41 heavy (non-hydrogen) atoms. The van der Waals surface area contributed by atoms with Crippen LogP contribution in [0.3, 0.4) is 0 Å². The zero-order chi connectivity index (χ0) is 29.6. The molecular weight excluding hydrogens is 554 g/mol. The van der Waals surface area contributed by atoms with Crippen LogP contribution < -0.4 is 10.8 Å². The lowest BCUT2D eigenvalue weighted by Crippen LogP contribution is -2.43. The van der Waals surface area contributed by atoms with Crippen molar-refractivity contribution < 1.29 is 27.3 Å². The summed E-state index contributed by atoms with van der Waals surface area (Å²) in [6.45, 7) is 7.82. The van der Waals surface area contributed by atoms with E-state index in [4.69, 9.17) is 9.72 Å². The Morgan fingerprint density at radius 2 is 1.80 bits per heavy atom. The number of alkyl halides is 3. The van der Waals surface area contributed by atoms with E-state index < -0.39 is 36.6 Å². The highest BCUT2D eigenvalue weighted by molar-refractivity contribution is 7.71. The lowest BCUT2D eigenvalue weighted by atomic mass is 9.92. The van der Waals surface area contributed by atoms with Gasteiger partial charge in [0.25, 0.3) is 0 Å². The lowest BCUT2D eigenvalue weighted by Gasteiger charge is -2.33. The predicted molar refractivity (Wildman–Crippen MR) is 152 cm³/mol. The van der Waals surface area contributed by atoms with Gasteiger partial charge in [-0.15, -0.1) is 0 Å². The molecule has 4 heterocycles. The van der Waals surface area contributed by atoms with Gasteiger partial charge < -0.3 is 19.5 Å². The molecule has 220 valence electrons. The quantitative estimate of drug-likeness (QED) is 0.331. The number of aryl methyl sites for hydroxylation is 1. The molecular formula is C29H35F3N5O3P. The molecule has 5 rings (SSSR count). The highest BCUT2D eigenvalue weighted by atomic mass is 31.2. The molecule has 0 spiro atoms. The maximum absolute atomic E-state index is 14.0. The fourth-order valence-corrected chi connectivity index (χ4v) is 7.91. The van der Waals surface area contributed by atoms with Gasteiger partial charge in [0.2, 0.25) is 0 Å². The van der Waals surface area contributed by atoms with Crippen molar-refractivity contribution in [2.75, 3.05) is 30.7 Å². The SMILES string of the molecule is C[C@H]1Nc2nc(nc3cnc(P4(=O)CCN(C(=O)OC(C)(C)C)CC4)cc23)CCCCc2c1cccc2C(F)(F)F. The molecule has 8 nitrogen and oxygen atoms in total. The summed E-state index contributed by atoms with van der Waals surface area (Å²) < 4.78 is 61.1. The molecule has 1 fully saturated rings. The van der Waals surface area contributed by atoms with Crippen LogP contribution >= 0.6 is 7.14 Å². The number of amides is 1. The molecule has 0 radical (unpaired) electrons. The van der Waals surface area contributed by atoms with Gasteiger partial charge in [-0.1, -0.05) is 12.1 Å². The molecule has 0 saturated carbocycles. The molecule has 2 bridgehead atoms. The number of fused-ring (bicyclic) bond motifs is 5. The van der Waals surface area contributed by atoms with Crippen molar-refractivity contribution in [1.29, 1.82) is 0 Å². The van der Waals surface area contributed by atoms with Crippen molar-refractivity contribution in [2.24, 2.45) is 0 Å².